The van der Waals surface area contributed by atoms with E-state index in [0.717, 1.165) is 16.1 Å². The molecule has 0 fully saturated rings. The van der Waals surface area contributed by atoms with Crippen molar-refractivity contribution in [3.05, 3.63) is 34.9 Å². The second-order valence-corrected chi connectivity index (χ2v) is 5.48. The molecule has 0 aliphatic heterocycles. The number of rotatable bonds is 3. The number of nitrogens with two attached hydrogens (primary N) is 1. The van der Waals surface area contributed by atoms with Gasteiger partial charge in [0.15, 0.2) is 0 Å². The number of thioether (sulfide) groups is 1. The molecular formula is C14H16N2OS. The zero-order chi connectivity index (χ0) is 13.3. The van der Waals surface area contributed by atoms with Gasteiger partial charge < -0.3 is 5.73 Å². The number of fused-ring (bicyclic) bond motifs is 1. The molecule has 0 saturated heterocycles. The average Bonchev–Trinajstić information content (AvgIpc) is 2.27. The maximum atomic E-state index is 10.8. The summed E-state index contributed by atoms with van der Waals surface area (Å²) in [4.78, 5) is 15.5. The molecule has 0 aliphatic carbocycles. The van der Waals surface area contributed by atoms with Crippen LogP contribution in [0.25, 0.3) is 10.9 Å². The van der Waals surface area contributed by atoms with Crippen LogP contribution in [0.4, 0.5) is 0 Å². The first-order valence-corrected chi connectivity index (χ1v) is 6.75. The van der Waals surface area contributed by atoms with Crippen LogP contribution in [0.15, 0.2) is 23.2 Å². The predicted molar refractivity (Wildman–Crippen MR) is 75.9 cm³/mol. The Morgan fingerprint density at radius 1 is 1.22 bits per heavy atom. The monoisotopic (exact) mass is 260 g/mol. The van der Waals surface area contributed by atoms with Crippen molar-refractivity contribution < 1.29 is 4.79 Å². The standard InChI is InChI=1S/C14H16N2OS/c1-8-4-9(2)11-6-10(3)14(16-12(11)5-8)18-7-13(15)17/h4-6H,7H2,1-3H3,(H2,15,17). The number of hydrogen-bond acceptors (Lipinski definition) is 3. The summed E-state index contributed by atoms with van der Waals surface area (Å²) in [5.41, 5.74) is 9.65. The highest BCUT2D eigenvalue weighted by molar-refractivity contribution is 7.99. The molecule has 0 unspecified atom stereocenters. The zero-order valence-corrected chi connectivity index (χ0v) is 11.6. The van der Waals surface area contributed by atoms with Crippen LogP contribution in [0.2, 0.25) is 0 Å². The van der Waals surface area contributed by atoms with Crippen LogP contribution in [0, 0.1) is 20.8 Å². The van der Waals surface area contributed by atoms with E-state index in [0.29, 0.717) is 0 Å². The second-order valence-electron chi connectivity index (χ2n) is 4.51. The number of nitrogens with zero attached hydrogens (tertiary/aromatic N) is 1. The largest absolute Gasteiger partial charge is 0.369 e. The van der Waals surface area contributed by atoms with Crippen LogP contribution in [0.1, 0.15) is 16.7 Å². The highest BCUT2D eigenvalue weighted by Crippen LogP contribution is 2.26. The summed E-state index contributed by atoms with van der Waals surface area (Å²) in [5, 5.41) is 2.05. The highest BCUT2D eigenvalue weighted by atomic mass is 32.2. The van der Waals surface area contributed by atoms with Crippen molar-refractivity contribution in [2.75, 3.05) is 5.75 Å². The normalized spacial score (nSPS) is 10.8. The molecule has 94 valence electrons. The molecule has 0 spiro atoms. The first-order valence-electron chi connectivity index (χ1n) is 5.77. The third-order valence-corrected chi connectivity index (χ3v) is 3.90. The maximum Gasteiger partial charge on any atom is 0.227 e. The van der Waals surface area contributed by atoms with Gasteiger partial charge in [-0.1, -0.05) is 17.8 Å². The van der Waals surface area contributed by atoms with Gasteiger partial charge in [-0.15, -0.1) is 0 Å². The van der Waals surface area contributed by atoms with Crippen LogP contribution in [0.5, 0.6) is 0 Å². The van der Waals surface area contributed by atoms with Crippen molar-refractivity contribution in [3.63, 3.8) is 0 Å². The van der Waals surface area contributed by atoms with Gasteiger partial charge in [-0.05, 0) is 49.6 Å². The molecule has 1 aromatic heterocycles. The average molecular weight is 260 g/mol. The minimum absolute atomic E-state index is 0.268. The smallest absolute Gasteiger partial charge is 0.227 e. The van der Waals surface area contributed by atoms with Gasteiger partial charge in [0.1, 0.15) is 5.03 Å². The van der Waals surface area contributed by atoms with E-state index in [1.165, 1.54) is 28.3 Å². The molecule has 0 radical (unpaired) electrons. The first-order chi connectivity index (χ1) is 8.47. The Bertz CT molecular complexity index is 623. The maximum absolute atomic E-state index is 10.8. The lowest BCUT2D eigenvalue weighted by Gasteiger charge is -2.09. The summed E-state index contributed by atoms with van der Waals surface area (Å²) in [7, 11) is 0. The van der Waals surface area contributed by atoms with E-state index in [9.17, 15) is 4.79 Å². The quantitative estimate of drug-likeness (QED) is 0.863. The van der Waals surface area contributed by atoms with Gasteiger partial charge in [-0.2, -0.15) is 0 Å². The molecule has 1 heterocycles. The van der Waals surface area contributed by atoms with E-state index < -0.39 is 0 Å². The van der Waals surface area contributed by atoms with Gasteiger partial charge in [-0.3, -0.25) is 4.79 Å². The van der Waals surface area contributed by atoms with E-state index in [1.54, 1.807) is 0 Å². The lowest BCUT2D eigenvalue weighted by Crippen LogP contribution is -2.13. The number of carbonyl (C=O) groups is 1. The van der Waals surface area contributed by atoms with Crippen LogP contribution >= 0.6 is 11.8 Å². The minimum Gasteiger partial charge on any atom is -0.369 e. The van der Waals surface area contributed by atoms with Crippen LogP contribution < -0.4 is 5.73 Å². The Morgan fingerprint density at radius 3 is 2.61 bits per heavy atom. The molecule has 2 rings (SSSR count). The molecule has 18 heavy (non-hydrogen) atoms. The van der Waals surface area contributed by atoms with Crippen LogP contribution in [-0.2, 0) is 4.79 Å². The predicted octanol–water partition coefficient (Wildman–Crippen LogP) is 2.74. The second kappa shape index (κ2) is 4.98. The number of benzene rings is 1. The van der Waals surface area contributed by atoms with E-state index in [1.807, 2.05) is 6.92 Å². The van der Waals surface area contributed by atoms with Gasteiger partial charge in [0.05, 0.1) is 11.3 Å². The topological polar surface area (TPSA) is 56.0 Å². The van der Waals surface area contributed by atoms with Crippen molar-refractivity contribution in [2.24, 2.45) is 5.73 Å². The molecule has 0 atom stereocenters. The molecule has 0 aliphatic rings. The number of carbonyl (C=O) groups excluding carboxylic acids is 1. The third-order valence-electron chi connectivity index (χ3n) is 2.78. The van der Waals surface area contributed by atoms with Crippen LogP contribution in [-0.4, -0.2) is 16.6 Å². The molecule has 1 aromatic carbocycles. The number of amides is 1. The minimum atomic E-state index is -0.318. The van der Waals surface area contributed by atoms with Crippen molar-refractivity contribution in [2.45, 2.75) is 25.8 Å². The molecule has 4 heteroatoms. The Labute approximate surface area is 111 Å². The van der Waals surface area contributed by atoms with Gasteiger partial charge in [-0.25, -0.2) is 4.98 Å². The molecular weight excluding hydrogens is 244 g/mol. The van der Waals surface area contributed by atoms with Crippen LogP contribution in [0.3, 0.4) is 0 Å². The van der Waals surface area contributed by atoms with E-state index in [-0.39, 0.29) is 11.7 Å². The van der Waals surface area contributed by atoms with Gasteiger partial charge in [0.2, 0.25) is 5.91 Å². The number of aromatic nitrogens is 1. The Kier molecular flexibility index (Phi) is 3.57. The van der Waals surface area contributed by atoms with E-state index >= 15 is 0 Å². The molecule has 1 amide bonds. The van der Waals surface area contributed by atoms with Gasteiger partial charge in [0.25, 0.3) is 0 Å². The lowest BCUT2D eigenvalue weighted by atomic mass is 10.1. The Morgan fingerprint density at radius 2 is 1.94 bits per heavy atom. The molecule has 0 saturated carbocycles. The molecule has 2 aromatic rings. The summed E-state index contributed by atoms with van der Waals surface area (Å²) >= 11 is 1.40. The van der Waals surface area contributed by atoms with Gasteiger partial charge >= 0.3 is 0 Å². The van der Waals surface area contributed by atoms with Crippen molar-refractivity contribution in [1.29, 1.82) is 0 Å². The Balaban J connectivity index is 2.50. The number of aryl methyl sites for hydroxylation is 3. The SMILES string of the molecule is Cc1cc(C)c2cc(C)c(SCC(N)=O)nc2c1. The number of hydrogen-bond donors (Lipinski definition) is 1. The highest BCUT2D eigenvalue weighted by Gasteiger charge is 2.07. The fraction of sp³-hybridized carbons (Fsp3) is 0.286. The fourth-order valence-electron chi connectivity index (χ4n) is 2.00. The van der Waals surface area contributed by atoms with E-state index in [4.69, 9.17) is 5.73 Å². The summed E-state index contributed by atoms with van der Waals surface area (Å²) in [6.07, 6.45) is 0. The number of primary amides is 1. The van der Waals surface area contributed by atoms with Crippen molar-refractivity contribution in [1.82, 2.24) is 4.98 Å². The van der Waals surface area contributed by atoms with Crippen molar-refractivity contribution >= 4 is 28.6 Å². The summed E-state index contributed by atoms with van der Waals surface area (Å²) in [5.74, 6) is -0.0499. The van der Waals surface area contributed by atoms with Crippen molar-refractivity contribution in [3.8, 4) is 0 Å². The number of pyridine rings is 1. The molecule has 3 nitrogen and oxygen atoms in total. The Hall–Kier alpha value is -1.55. The summed E-state index contributed by atoms with van der Waals surface area (Å²) < 4.78 is 0. The van der Waals surface area contributed by atoms with E-state index in [2.05, 4.69) is 37.0 Å². The third kappa shape index (κ3) is 2.64. The summed E-state index contributed by atoms with van der Waals surface area (Å²) in [6, 6.07) is 6.34. The van der Waals surface area contributed by atoms with Gasteiger partial charge in [0, 0.05) is 5.39 Å². The molecule has 2 N–H and O–H groups in total. The lowest BCUT2D eigenvalue weighted by molar-refractivity contribution is -0.115. The molecule has 0 bridgehead atoms. The fourth-order valence-corrected chi connectivity index (χ4v) is 2.73. The zero-order valence-electron chi connectivity index (χ0n) is 10.8. The first kappa shape index (κ1) is 12.9. The summed E-state index contributed by atoms with van der Waals surface area (Å²) in [6.45, 7) is 6.16.